The minimum atomic E-state index is -2.97. The molecule has 1 N–H and O–H groups in total. The van der Waals surface area contributed by atoms with Crippen LogP contribution < -0.4 is 5.32 Å². The van der Waals surface area contributed by atoms with Gasteiger partial charge in [0, 0.05) is 25.7 Å². The summed E-state index contributed by atoms with van der Waals surface area (Å²) in [5, 5.41) is 3.13. The van der Waals surface area contributed by atoms with Crippen molar-refractivity contribution in [1.29, 1.82) is 0 Å². The van der Waals surface area contributed by atoms with Gasteiger partial charge in [-0.25, -0.2) is 8.42 Å². The standard InChI is InChI=1S/C12H22N2O4S.ClH/c1-2-5-14(10-3-7-19(16,17)9-10)12(15)11-8-13-4-6-18-11;/h10-11,13H,2-9H2,1H3;1H. The number of halogens is 1. The topological polar surface area (TPSA) is 75.7 Å². The van der Waals surface area contributed by atoms with E-state index < -0.39 is 15.9 Å². The van der Waals surface area contributed by atoms with Crippen LogP contribution in [0.1, 0.15) is 19.8 Å². The summed E-state index contributed by atoms with van der Waals surface area (Å²) in [5.41, 5.74) is 0. The predicted molar refractivity (Wildman–Crippen MR) is 78.9 cm³/mol. The Hall–Kier alpha value is -0.370. The van der Waals surface area contributed by atoms with Crippen LogP contribution in [0.4, 0.5) is 0 Å². The molecule has 2 fully saturated rings. The average molecular weight is 327 g/mol. The minimum absolute atomic E-state index is 0. The lowest BCUT2D eigenvalue weighted by Gasteiger charge is -2.33. The number of carbonyl (C=O) groups is 1. The molecule has 2 unspecified atom stereocenters. The Balaban J connectivity index is 0.00000200. The summed E-state index contributed by atoms with van der Waals surface area (Å²) >= 11 is 0. The van der Waals surface area contributed by atoms with Gasteiger partial charge < -0.3 is 15.0 Å². The molecule has 2 aliphatic rings. The van der Waals surface area contributed by atoms with E-state index in [-0.39, 0.29) is 35.9 Å². The first-order chi connectivity index (χ1) is 9.03. The van der Waals surface area contributed by atoms with Gasteiger partial charge in [0.2, 0.25) is 0 Å². The molecule has 6 nitrogen and oxygen atoms in total. The van der Waals surface area contributed by atoms with Gasteiger partial charge in [-0.3, -0.25) is 4.79 Å². The zero-order valence-corrected chi connectivity index (χ0v) is 13.3. The predicted octanol–water partition coefficient (Wildman–Crippen LogP) is -0.178. The van der Waals surface area contributed by atoms with Gasteiger partial charge in [-0.05, 0) is 12.8 Å². The highest BCUT2D eigenvalue weighted by molar-refractivity contribution is 7.91. The Morgan fingerprint density at radius 3 is 2.70 bits per heavy atom. The van der Waals surface area contributed by atoms with Crippen molar-refractivity contribution in [1.82, 2.24) is 10.2 Å². The molecular formula is C12H23ClN2O4S. The summed E-state index contributed by atoms with van der Waals surface area (Å²) in [6, 6.07) is -0.178. The number of rotatable bonds is 4. The van der Waals surface area contributed by atoms with E-state index in [1.54, 1.807) is 4.90 Å². The van der Waals surface area contributed by atoms with Gasteiger partial charge in [0.25, 0.3) is 5.91 Å². The fourth-order valence-corrected chi connectivity index (χ4v) is 4.37. The van der Waals surface area contributed by atoms with Crippen molar-refractivity contribution in [3.05, 3.63) is 0 Å². The molecule has 2 rings (SSSR count). The van der Waals surface area contributed by atoms with Crippen molar-refractivity contribution in [2.75, 3.05) is 37.7 Å². The quantitative estimate of drug-likeness (QED) is 0.776. The van der Waals surface area contributed by atoms with Crippen molar-refractivity contribution < 1.29 is 17.9 Å². The fourth-order valence-electron chi connectivity index (χ4n) is 2.64. The van der Waals surface area contributed by atoms with Crippen LogP contribution in [0.25, 0.3) is 0 Å². The molecule has 0 bridgehead atoms. The van der Waals surface area contributed by atoms with Crippen LogP contribution in [0.3, 0.4) is 0 Å². The second kappa shape index (κ2) is 7.59. The van der Waals surface area contributed by atoms with E-state index in [1.165, 1.54) is 0 Å². The number of nitrogens with one attached hydrogen (secondary N) is 1. The number of carbonyl (C=O) groups excluding carboxylic acids is 1. The summed E-state index contributed by atoms with van der Waals surface area (Å²) in [5.74, 6) is 0.213. The molecule has 1 amide bonds. The number of hydrogen-bond acceptors (Lipinski definition) is 5. The van der Waals surface area contributed by atoms with Gasteiger partial charge in [-0.2, -0.15) is 0 Å². The second-order valence-electron chi connectivity index (χ2n) is 5.15. The zero-order valence-electron chi connectivity index (χ0n) is 11.7. The maximum atomic E-state index is 12.5. The number of sulfone groups is 1. The number of morpholine rings is 1. The lowest BCUT2D eigenvalue weighted by Crippen LogP contribution is -2.52. The van der Waals surface area contributed by atoms with Crippen LogP contribution in [-0.4, -0.2) is 69.1 Å². The maximum Gasteiger partial charge on any atom is 0.253 e. The van der Waals surface area contributed by atoms with E-state index in [1.807, 2.05) is 6.92 Å². The van der Waals surface area contributed by atoms with E-state index in [9.17, 15) is 13.2 Å². The van der Waals surface area contributed by atoms with Crippen LogP contribution >= 0.6 is 12.4 Å². The average Bonchev–Trinajstić information content (AvgIpc) is 2.76. The highest BCUT2D eigenvalue weighted by Gasteiger charge is 2.37. The van der Waals surface area contributed by atoms with E-state index in [4.69, 9.17) is 4.74 Å². The van der Waals surface area contributed by atoms with Crippen LogP contribution in [-0.2, 0) is 19.4 Å². The number of nitrogens with zero attached hydrogens (tertiary/aromatic N) is 1. The molecular weight excluding hydrogens is 304 g/mol. The van der Waals surface area contributed by atoms with E-state index in [0.29, 0.717) is 26.1 Å². The number of amides is 1. The molecule has 2 saturated heterocycles. The molecule has 118 valence electrons. The first-order valence-electron chi connectivity index (χ1n) is 6.86. The van der Waals surface area contributed by atoms with Gasteiger partial charge in [-0.1, -0.05) is 6.92 Å². The first-order valence-corrected chi connectivity index (χ1v) is 8.69. The highest BCUT2D eigenvalue weighted by Crippen LogP contribution is 2.19. The molecule has 2 atom stereocenters. The van der Waals surface area contributed by atoms with Crippen molar-refractivity contribution >= 4 is 28.2 Å². The molecule has 0 aromatic carbocycles. The third-order valence-electron chi connectivity index (χ3n) is 3.60. The second-order valence-corrected chi connectivity index (χ2v) is 7.38. The molecule has 8 heteroatoms. The SMILES string of the molecule is CCCN(C(=O)C1CNCCO1)C1CCS(=O)(=O)C1.Cl. The van der Waals surface area contributed by atoms with Gasteiger partial charge >= 0.3 is 0 Å². The summed E-state index contributed by atoms with van der Waals surface area (Å²) in [4.78, 5) is 14.2. The normalized spacial score (nSPS) is 28.6. The monoisotopic (exact) mass is 326 g/mol. The zero-order chi connectivity index (χ0) is 13.9. The number of ether oxygens (including phenoxy) is 1. The summed E-state index contributed by atoms with van der Waals surface area (Å²) in [7, 11) is -2.97. The largest absolute Gasteiger partial charge is 0.366 e. The number of hydrogen-bond donors (Lipinski definition) is 1. The Bertz CT molecular complexity index is 423. The fraction of sp³-hybridized carbons (Fsp3) is 0.917. The summed E-state index contributed by atoms with van der Waals surface area (Å²) in [6.07, 6.45) is 0.903. The molecule has 0 aromatic heterocycles. The van der Waals surface area contributed by atoms with Crippen molar-refractivity contribution in [2.45, 2.75) is 31.9 Å². The van der Waals surface area contributed by atoms with E-state index >= 15 is 0 Å². The van der Waals surface area contributed by atoms with E-state index in [2.05, 4.69) is 5.32 Å². The van der Waals surface area contributed by atoms with Gasteiger partial charge in [0.1, 0.15) is 6.10 Å². The molecule has 2 heterocycles. The molecule has 2 aliphatic heterocycles. The Kier molecular flexibility index (Phi) is 6.71. The molecule has 0 spiro atoms. The van der Waals surface area contributed by atoms with Crippen LogP contribution in [0.15, 0.2) is 0 Å². The van der Waals surface area contributed by atoms with Crippen LogP contribution in [0.2, 0.25) is 0 Å². The third kappa shape index (κ3) is 4.31. The molecule has 0 aliphatic carbocycles. The molecule has 0 radical (unpaired) electrons. The van der Waals surface area contributed by atoms with Crippen molar-refractivity contribution in [3.8, 4) is 0 Å². The smallest absolute Gasteiger partial charge is 0.253 e. The summed E-state index contributed by atoms with van der Waals surface area (Å²) in [6.45, 7) is 4.38. The third-order valence-corrected chi connectivity index (χ3v) is 5.35. The minimum Gasteiger partial charge on any atom is -0.366 e. The lowest BCUT2D eigenvalue weighted by molar-refractivity contribution is -0.147. The van der Waals surface area contributed by atoms with Crippen LogP contribution in [0.5, 0.6) is 0 Å². The Morgan fingerprint density at radius 1 is 1.45 bits per heavy atom. The lowest BCUT2D eigenvalue weighted by atomic mass is 10.1. The van der Waals surface area contributed by atoms with Gasteiger partial charge in [-0.15, -0.1) is 12.4 Å². The molecule has 20 heavy (non-hydrogen) atoms. The van der Waals surface area contributed by atoms with Gasteiger partial charge in [0.15, 0.2) is 9.84 Å². The van der Waals surface area contributed by atoms with Crippen molar-refractivity contribution in [3.63, 3.8) is 0 Å². The van der Waals surface area contributed by atoms with Crippen molar-refractivity contribution in [2.24, 2.45) is 0 Å². The Morgan fingerprint density at radius 2 is 2.20 bits per heavy atom. The summed E-state index contributed by atoms with van der Waals surface area (Å²) < 4.78 is 28.6. The van der Waals surface area contributed by atoms with Crippen LogP contribution in [0, 0.1) is 0 Å². The highest BCUT2D eigenvalue weighted by atomic mass is 35.5. The van der Waals surface area contributed by atoms with E-state index in [0.717, 1.165) is 13.0 Å². The first kappa shape index (κ1) is 17.7. The molecule has 0 saturated carbocycles. The Labute approximate surface area is 126 Å². The van der Waals surface area contributed by atoms with Gasteiger partial charge in [0.05, 0.1) is 18.1 Å². The molecule has 0 aromatic rings. The maximum absolute atomic E-state index is 12.5.